The highest BCUT2D eigenvalue weighted by Crippen LogP contribution is 2.15. The molecule has 48 heavy (non-hydrogen) atoms. The van der Waals surface area contributed by atoms with Crippen LogP contribution in [0.3, 0.4) is 0 Å². The number of amides is 2. The molecule has 0 saturated carbocycles. The van der Waals surface area contributed by atoms with E-state index in [1.165, 1.54) is 51.4 Å². The van der Waals surface area contributed by atoms with Crippen LogP contribution in [0.5, 0.6) is 0 Å². The largest absolute Gasteiger partial charge is 0.480 e. The molecule has 0 aliphatic carbocycles. The van der Waals surface area contributed by atoms with Gasteiger partial charge in [0.2, 0.25) is 11.8 Å². The number of carboxylic acids is 1. The molecule has 2 unspecified atom stereocenters. The lowest BCUT2D eigenvalue weighted by Gasteiger charge is -2.15. The summed E-state index contributed by atoms with van der Waals surface area (Å²) in [6.45, 7) is 3.39. The topological polar surface area (TPSA) is 142 Å². The molecule has 0 aromatic heterocycles. The van der Waals surface area contributed by atoms with Crippen molar-refractivity contribution in [3.8, 4) is 0 Å². The van der Waals surface area contributed by atoms with Gasteiger partial charge in [-0.3, -0.25) is 14.4 Å². The summed E-state index contributed by atoms with van der Waals surface area (Å²) in [5.74, 6) is -2.36. The van der Waals surface area contributed by atoms with Crippen molar-refractivity contribution < 1.29 is 34.1 Å². The van der Waals surface area contributed by atoms with Crippen LogP contribution in [0.15, 0.2) is 36.5 Å². The lowest BCUT2D eigenvalue weighted by atomic mass is 10.1. The average molecular weight is 677 g/mol. The Kier molecular flexibility index (Phi) is 31.9. The van der Waals surface area contributed by atoms with E-state index in [9.17, 15) is 19.2 Å². The summed E-state index contributed by atoms with van der Waals surface area (Å²) in [4.78, 5) is 47.2. The maximum Gasteiger partial charge on any atom is 0.328 e. The molecule has 2 amide bonds. The fraction of sp³-hybridized carbons (Fsp3) is 0.744. The third-order valence-corrected chi connectivity index (χ3v) is 8.09. The Balaban J connectivity index is 4.30. The fourth-order valence-corrected chi connectivity index (χ4v) is 5.11. The number of nitrogens with one attached hydrogen (secondary N) is 2. The molecule has 0 fully saturated rings. The van der Waals surface area contributed by atoms with Crippen LogP contribution >= 0.6 is 0 Å². The minimum absolute atomic E-state index is 0.107. The summed E-state index contributed by atoms with van der Waals surface area (Å²) in [7, 11) is 0. The van der Waals surface area contributed by atoms with Crippen molar-refractivity contribution in [2.24, 2.45) is 0 Å². The first-order chi connectivity index (χ1) is 23.3. The van der Waals surface area contributed by atoms with Crippen molar-refractivity contribution in [2.45, 2.75) is 174 Å². The molecule has 276 valence electrons. The molecule has 0 saturated heterocycles. The second-order valence-electron chi connectivity index (χ2n) is 12.7. The standard InChI is InChI=1S/C39H68N2O7/c1-3-5-7-9-11-13-14-15-17-23-27-31-38(45)48-34(28-24-20-16-12-10-8-6-4-2)29-25-21-18-19-22-26-30-36(43)40-32-37(44)41-35(33-42)39(46)47/h9,11-12,16,24,28,34-35,42H,3-8,10,13-15,17-23,25-27,29-33H2,1-2H3,(H,40,43)(H,41,44)(H,46,47)/b11-9-,16-12-,28-24-. The van der Waals surface area contributed by atoms with E-state index in [-0.39, 0.29) is 24.5 Å². The van der Waals surface area contributed by atoms with Crippen LogP contribution in [0.4, 0.5) is 0 Å². The van der Waals surface area contributed by atoms with E-state index in [2.05, 4.69) is 54.9 Å². The number of unbranched alkanes of at least 4 members (excludes halogenated alkanes) is 15. The Bertz CT molecular complexity index is 916. The zero-order valence-corrected chi connectivity index (χ0v) is 30.2. The minimum Gasteiger partial charge on any atom is -0.480 e. The molecule has 0 aliphatic rings. The van der Waals surface area contributed by atoms with Gasteiger partial charge in [-0.25, -0.2) is 4.79 Å². The number of hydrogen-bond acceptors (Lipinski definition) is 6. The van der Waals surface area contributed by atoms with Gasteiger partial charge in [0.1, 0.15) is 12.1 Å². The van der Waals surface area contributed by atoms with Crippen LogP contribution in [0.1, 0.15) is 162 Å². The maximum absolute atomic E-state index is 12.6. The summed E-state index contributed by atoms with van der Waals surface area (Å²) < 4.78 is 5.88. The normalized spacial score (nSPS) is 12.9. The van der Waals surface area contributed by atoms with Gasteiger partial charge < -0.3 is 25.6 Å². The highest BCUT2D eigenvalue weighted by atomic mass is 16.5. The molecule has 2 atom stereocenters. The van der Waals surface area contributed by atoms with Crippen LogP contribution in [0.2, 0.25) is 0 Å². The Morgan fingerprint density at radius 1 is 0.646 bits per heavy atom. The average Bonchev–Trinajstić information content (AvgIpc) is 3.07. The molecule has 0 bridgehead atoms. The van der Waals surface area contributed by atoms with Gasteiger partial charge in [0.25, 0.3) is 0 Å². The molecule has 0 radical (unpaired) electrons. The zero-order valence-electron chi connectivity index (χ0n) is 30.2. The number of aliphatic hydroxyl groups is 1. The quantitative estimate of drug-likeness (QED) is 0.0311. The van der Waals surface area contributed by atoms with Crippen LogP contribution in [-0.2, 0) is 23.9 Å². The third-order valence-electron chi connectivity index (χ3n) is 8.09. The first-order valence-electron chi connectivity index (χ1n) is 18.9. The number of aliphatic hydroxyl groups excluding tert-OH is 1. The molecular formula is C39H68N2O7. The van der Waals surface area contributed by atoms with E-state index in [4.69, 9.17) is 14.9 Å². The van der Waals surface area contributed by atoms with Gasteiger partial charge >= 0.3 is 11.9 Å². The molecule has 0 aromatic rings. The van der Waals surface area contributed by atoms with Crippen molar-refractivity contribution in [1.29, 1.82) is 0 Å². The Morgan fingerprint density at radius 2 is 1.21 bits per heavy atom. The molecular weight excluding hydrogens is 608 g/mol. The van der Waals surface area contributed by atoms with Gasteiger partial charge in [0.15, 0.2) is 0 Å². The van der Waals surface area contributed by atoms with Crippen LogP contribution < -0.4 is 10.6 Å². The van der Waals surface area contributed by atoms with E-state index in [1.807, 2.05) is 6.08 Å². The number of esters is 1. The van der Waals surface area contributed by atoms with E-state index in [1.54, 1.807) is 0 Å². The van der Waals surface area contributed by atoms with E-state index >= 15 is 0 Å². The molecule has 9 heteroatoms. The molecule has 0 aromatic carbocycles. The van der Waals surface area contributed by atoms with Crippen LogP contribution in [-0.4, -0.2) is 59.3 Å². The fourth-order valence-electron chi connectivity index (χ4n) is 5.11. The number of carbonyl (C=O) groups excluding carboxylic acids is 3. The number of aliphatic carboxylic acids is 1. The Hall–Kier alpha value is -2.94. The molecule has 9 nitrogen and oxygen atoms in total. The first kappa shape index (κ1) is 45.1. The number of carboxylic acid groups (broad SMARTS) is 1. The molecule has 0 aliphatic heterocycles. The lowest BCUT2D eigenvalue weighted by molar-refractivity contribution is -0.147. The van der Waals surface area contributed by atoms with E-state index < -0.39 is 24.5 Å². The van der Waals surface area contributed by atoms with Gasteiger partial charge in [-0.2, -0.15) is 0 Å². The lowest BCUT2D eigenvalue weighted by Crippen LogP contribution is -2.47. The third kappa shape index (κ3) is 30.4. The number of carbonyl (C=O) groups is 4. The molecule has 4 N–H and O–H groups in total. The summed E-state index contributed by atoms with van der Waals surface area (Å²) in [5.41, 5.74) is 0. The number of hydrogen-bond donors (Lipinski definition) is 4. The van der Waals surface area contributed by atoms with Gasteiger partial charge in [-0.15, -0.1) is 0 Å². The van der Waals surface area contributed by atoms with Crippen molar-refractivity contribution in [3.63, 3.8) is 0 Å². The van der Waals surface area contributed by atoms with Crippen molar-refractivity contribution in [3.05, 3.63) is 36.5 Å². The van der Waals surface area contributed by atoms with Crippen molar-refractivity contribution in [2.75, 3.05) is 13.2 Å². The second kappa shape index (κ2) is 33.9. The van der Waals surface area contributed by atoms with Gasteiger partial charge in [0, 0.05) is 12.8 Å². The number of ether oxygens (including phenoxy) is 1. The SMILES string of the molecule is CCCC/C=C\CCCCCCCC(=O)OC(/C=C\C/C=C\CCCCC)CCCCCCCCC(=O)NCC(=O)NC(CO)C(=O)O. The highest BCUT2D eigenvalue weighted by Gasteiger charge is 2.18. The summed E-state index contributed by atoms with van der Waals surface area (Å²) >= 11 is 0. The van der Waals surface area contributed by atoms with Crippen molar-refractivity contribution in [1.82, 2.24) is 10.6 Å². The zero-order chi connectivity index (χ0) is 35.5. The first-order valence-corrected chi connectivity index (χ1v) is 18.9. The smallest absolute Gasteiger partial charge is 0.328 e. The summed E-state index contributed by atoms with van der Waals surface area (Å²) in [6.07, 6.45) is 36.2. The van der Waals surface area contributed by atoms with E-state index in [0.717, 1.165) is 77.0 Å². The Morgan fingerprint density at radius 3 is 1.85 bits per heavy atom. The second-order valence-corrected chi connectivity index (χ2v) is 12.7. The van der Waals surface area contributed by atoms with Crippen LogP contribution in [0.25, 0.3) is 0 Å². The van der Waals surface area contributed by atoms with Crippen LogP contribution in [0, 0.1) is 0 Å². The van der Waals surface area contributed by atoms with Gasteiger partial charge in [-0.05, 0) is 70.3 Å². The van der Waals surface area contributed by atoms with Gasteiger partial charge in [-0.1, -0.05) is 115 Å². The van der Waals surface area contributed by atoms with Gasteiger partial charge in [0.05, 0.1) is 13.2 Å². The van der Waals surface area contributed by atoms with E-state index in [0.29, 0.717) is 19.3 Å². The minimum atomic E-state index is -1.38. The maximum atomic E-state index is 12.6. The molecule has 0 heterocycles. The molecule has 0 rings (SSSR count). The number of rotatable bonds is 33. The van der Waals surface area contributed by atoms with Crippen molar-refractivity contribution >= 4 is 23.8 Å². The predicted octanol–water partition coefficient (Wildman–Crippen LogP) is 8.26. The highest BCUT2D eigenvalue weighted by molar-refractivity contribution is 5.87. The number of allylic oxidation sites excluding steroid dienone is 5. The summed E-state index contributed by atoms with van der Waals surface area (Å²) in [5, 5.41) is 22.4. The molecule has 0 spiro atoms. The predicted molar refractivity (Wildman–Crippen MR) is 195 cm³/mol. The Labute approximate surface area is 291 Å². The monoisotopic (exact) mass is 677 g/mol. The summed E-state index contributed by atoms with van der Waals surface area (Å²) in [6, 6.07) is -1.38.